The van der Waals surface area contributed by atoms with Crippen LogP contribution in [0, 0.1) is 0 Å². The van der Waals surface area contributed by atoms with Gasteiger partial charge in [-0.25, -0.2) is 4.79 Å². The van der Waals surface area contributed by atoms with E-state index in [-0.39, 0.29) is 0 Å². The molecule has 0 spiro atoms. The minimum absolute atomic E-state index is 0.569. The summed E-state index contributed by atoms with van der Waals surface area (Å²) in [6.07, 6.45) is -0.158. The predicted molar refractivity (Wildman–Crippen MR) is 72.2 cm³/mol. The van der Waals surface area contributed by atoms with Gasteiger partial charge in [0, 0.05) is 13.8 Å². The number of amides is 1. The van der Waals surface area contributed by atoms with Crippen molar-refractivity contribution in [2.45, 2.75) is 44.7 Å². The summed E-state index contributed by atoms with van der Waals surface area (Å²) in [4.78, 5) is 15.3. The van der Waals surface area contributed by atoms with Crippen LogP contribution in [-0.2, 0) is 0 Å². The highest BCUT2D eigenvalue weighted by Crippen LogP contribution is 2.31. The Labute approximate surface area is 102 Å². The monoisotopic (exact) mass is 260 g/mol. The average molecular weight is 260 g/mol. The highest BCUT2D eigenvalue weighted by molar-refractivity contribution is 8.14. The van der Waals surface area contributed by atoms with Gasteiger partial charge in [-0.1, -0.05) is 25.7 Å². The molecule has 0 aromatic carbocycles. The topological polar surface area (TPSA) is 61.7 Å². The lowest BCUT2D eigenvalue weighted by molar-refractivity contribution is 0.181. The molecule has 1 aliphatic heterocycles. The quantitative estimate of drug-likeness (QED) is 0.764. The van der Waals surface area contributed by atoms with Crippen LogP contribution in [0.1, 0.15) is 13.3 Å². The number of nitrogens with zero attached hydrogens (tertiary/aromatic N) is 1. The summed E-state index contributed by atoms with van der Waals surface area (Å²) in [5.74, 6) is 0.732. The summed E-state index contributed by atoms with van der Waals surface area (Å²) >= 11 is 1.64. The van der Waals surface area contributed by atoms with Crippen molar-refractivity contribution in [3.63, 3.8) is 0 Å². The fraction of sp³-hybridized carbons (Fsp3) is 0.800. The zero-order valence-corrected chi connectivity index (χ0v) is 12.1. The lowest BCUT2D eigenvalue weighted by Crippen LogP contribution is -2.48. The first-order valence-corrected chi connectivity index (χ1v) is 10.1. The zero-order chi connectivity index (χ0) is 12.4. The molecule has 1 amide bonds. The molecule has 4 nitrogen and oxygen atoms in total. The fourth-order valence-electron chi connectivity index (χ4n) is 1.63. The van der Waals surface area contributed by atoms with E-state index in [0.717, 1.165) is 23.3 Å². The molecular formula is C10H20N2O2SSi. The minimum Gasteiger partial charge on any atom is -0.465 e. The van der Waals surface area contributed by atoms with E-state index < -0.39 is 19.8 Å². The van der Waals surface area contributed by atoms with E-state index in [4.69, 9.17) is 5.11 Å². The summed E-state index contributed by atoms with van der Waals surface area (Å²) in [6, 6.07) is 1.09. The van der Waals surface area contributed by atoms with Gasteiger partial charge in [0.15, 0.2) is 0 Å². The Morgan fingerprint density at radius 3 is 2.62 bits per heavy atom. The van der Waals surface area contributed by atoms with Gasteiger partial charge in [0.25, 0.3) is 0 Å². The van der Waals surface area contributed by atoms with Gasteiger partial charge in [-0.05, 0) is 13.3 Å². The number of hydrogen-bond acceptors (Lipinski definition) is 3. The maximum absolute atomic E-state index is 10.8. The van der Waals surface area contributed by atoms with Crippen LogP contribution in [0.4, 0.5) is 4.79 Å². The molecule has 2 N–H and O–H groups in total. The maximum Gasteiger partial charge on any atom is 0.406 e. The SMILES string of the molecule is CC1=NC(CC[Si](C)(C)C)(NC(=O)O)CS1. The first kappa shape index (κ1) is 13.6. The average Bonchev–Trinajstić information content (AvgIpc) is 2.43. The zero-order valence-electron chi connectivity index (χ0n) is 10.3. The molecule has 1 atom stereocenters. The third kappa shape index (κ3) is 4.17. The van der Waals surface area contributed by atoms with Crippen LogP contribution >= 0.6 is 11.8 Å². The molecular weight excluding hydrogens is 240 g/mol. The number of hydrogen-bond donors (Lipinski definition) is 2. The molecule has 0 bridgehead atoms. The van der Waals surface area contributed by atoms with Crippen molar-refractivity contribution in [3.05, 3.63) is 0 Å². The van der Waals surface area contributed by atoms with Crippen molar-refractivity contribution in [1.82, 2.24) is 5.32 Å². The van der Waals surface area contributed by atoms with E-state index in [0.29, 0.717) is 0 Å². The molecule has 0 aliphatic carbocycles. The first-order chi connectivity index (χ1) is 7.22. The van der Waals surface area contributed by atoms with Crippen LogP contribution < -0.4 is 5.32 Å². The van der Waals surface area contributed by atoms with Gasteiger partial charge in [0.05, 0.1) is 5.04 Å². The number of nitrogens with one attached hydrogen (secondary N) is 1. The second kappa shape index (κ2) is 4.79. The van der Waals surface area contributed by atoms with Crippen molar-refractivity contribution in [3.8, 4) is 0 Å². The molecule has 1 rings (SSSR count). The van der Waals surface area contributed by atoms with Gasteiger partial charge in [-0.15, -0.1) is 11.8 Å². The van der Waals surface area contributed by atoms with Crippen molar-refractivity contribution in [2.24, 2.45) is 4.99 Å². The summed E-state index contributed by atoms with van der Waals surface area (Å²) in [7, 11) is -1.16. The number of thioether (sulfide) groups is 1. The third-order valence-electron chi connectivity index (χ3n) is 2.52. The Kier molecular flexibility index (Phi) is 4.06. The lowest BCUT2D eigenvalue weighted by Gasteiger charge is -2.28. The van der Waals surface area contributed by atoms with Gasteiger partial charge in [0.1, 0.15) is 5.66 Å². The Balaban J connectivity index is 2.70. The Hall–Kier alpha value is -0.493. The molecule has 0 saturated heterocycles. The Morgan fingerprint density at radius 2 is 2.25 bits per heavy atom. The molecule has 1 aliphatic rings. The highest BCUT2D eigenvalue weighted by Gasteiger charge is 2.36. The first-order valence-electron chi connectivity index (χ1n) is 5.43. The standard InChI is InChI=1S/C10H20N2O2SSi/c1-8-11-10(7-15-8,12-9(13)14)5-6-16(2,3)4/h12H,5-7H2,1-4H3,(H,13,14). The van der Waals surface area contributed by atoms with Crippen LogP contribution in [0.5, 0.6) is 0 Å². The third-order valence-corrected chi connectivity index (χ3v) is 5.40. The normalized spacial score (nSPS) is 25.4. The lowest BCUT2D eigenvalue weighted by atomic mass is 10.1. The molecule has 0 radical (unpaired) electrons. The smallest absolute Gasteiger partial charge is 0.406 e. The summed E-state index contributed by atoms with van der Waals surface area (Å²) < 4.78 is 0. The molecule has 0 saturated carbocycles. The van der Waals surface area contributed by atoms with Gasteiger partial charge in [-0.2, -0.15) is 0 Å². The van der Waals surface area contributed by atoms with Crippen molar-refractivity contribution < 1.29 is 9.90 Å². The van der Waals surface area contributed by atoms with Gasteiger partial charge < -0.3 is 5.11 Å². The summed E-state index contributed by atoms with van der Waals surface area (Å²) in [6.45, 7) is 8.81. The van der Waals surface area contributed by atoms with Crippen molar-refractivity contribution in [2.75, 3.05) is 5.75 Å². The Bertz CT molecular complexity index is 314. The van der Waals surface area contributed by atoms with Gasteiger partial charge in [-0.3, -0.25) is 10.3 Å². The van der Waals surface area contributed by atoms with Crippen molar-refractivity contribution >= 4 is 31.0 Å². The molecule has 6 heteroatoms. The maximum atomic E-state index is 10.8. The highest BCUT2D eigenvalue weighted by atomic mass is 32.2. The number of carbonyl (C=O) groups is 1. The van der Waals surface area contributed by atoms with E-state index >= 15 is 0 Å². The summed E-state index contributed by atoms with van der Waals surface area (Å²) in [5.41, 5.74) is -0.569. The largest absolute Gasteiger partial charge is 0.465 e. The molecule has 0 aromatic heterocycles. The number of rotatable bonds is 4. The molecule has 1 heterocycles. The van der Waals surface area contributed by atoms with Crippen LogP contribution in [0.25, 0.3) is 0 Å². The van der Waals surface area contributed by atoms with E-state index in [1.807, 2.05) is 6.92 Å². The van der Waals surface area contributed by atoms with Crippen LogP contribution in [-0.4, -0.2) is 35.7 Å². The molecule has 1 unspecified atom stereocenters. The van der Waals surface area contributed by atoms with Crippen LogP contribution in [0.2, 0.25) is 25.7 Å². The van der Waals surface area contributed by atoms with Crippen LogP contribution in [0.3, 0.4) is 0 Å². The van der Waals surface area contributed by atoms with Gasteiger partial charge >= 0.3 is 6.09 Å². The second-order valence-electron chi connectivity index (χ2n) is 5.44. The van der Waals surface area contributed by atoms with E-state index in [1.165, 1.54) is 0 Å². The summed E-state index contributed by atoms with van der Waals surface area (Å²) in [5, 5.41) is 12.4. The molecule has 0 aromatic rings. The molecule has 16 heavy (non-hydrogen) atoms. The molecule has 92 valence electrons. The second-order valence-corrected chi connectivity index (χ2v) is 12.2. The molecule has 0 fully saturated rings. The van der Waals surface area contributed by atoms with Crippen molar-refractivity contribution in [1.29, 1.82) is 0 Å². The van der Waals surface area contributed by atoms with E-state index in [2.05, 4.69) is 30.0 Å². The Morgan fingerprint density at radius 1 is 1.62 bits per heavy atom. The fourth-order valence-corrected chi connectivity index (χ4v) is 3.76. The van der Waals surface area contributed by atoms with E-state index in [9.17, 15) is 4.79 Å². The van der Waals surface area contributed by atoms with Crippen LogP contribution in [0.15, 0.2) is 4.99 Å². The minimum atomic E-state index is -1.16. The van der Waals surface area contributed by atoms with Gasteiger partial charge in [0.2, 0.25) is 0 Å². The van der Waals surface area contributed by atoms with E-state index in [1.54, 1.807) is 11.8 Å². The number of carboxylic acid groups (broad SMARTS) is 1. The number of aliphatic imine (C=N–C) groups is 1. The predicted octanol–water partition coefficient (Wildman–Crippen LogP) is 2.84.